The molecule has 0 aliphatic carbocycles. The number of hydrogen-bond acceptors (Lipinski definition) is 2. The zero-order valence-corrected chi connectivity index (χ0v) is 11.6. The lowest BCUT2D eigenvalue weighted by atomic mass is 10.1. The van der Waals surface area contributed by atoms with Gasteiger partial charge >= 0.3 is 0 Å². The summed E-state index contributed by atoms with van der Waals surface area (Å²) in [6, 6.07) is 14.4. The quantitative estimate of drug-likeness (QED) is 0.718. The van der Waals surface area contributed by atoms with E-state index < -0.39 is 11.7 Å². The Labute approximate surface area is 125 Å². The molecule has 3 rings (SSSR count). The third kappa shape index (κ3) is 2.85. The summed E-state index contributed by atoms with van der Waals surface area (Å²) in [4.78, 5) is 15.7. The molecule has 0 atom stereocenters. The van der Waals surface area contributed by atoms with Gasteiger partial charge in [0, 0.05) is 5.69 Å². The minimum atomic E-state index is -0.608. The van der Waals surface area contributed by atoms with Crippen molar-refractivity contribution in [1.29, 1.82) is 0 Å². The van der Waals surface area contributed by atoms with Crippen molar-refractivity contribution in [3.63, 3.8) is 0 Å². The first-order chi connectivity index (χ1) is 10.1. The number of amides is 1. The van der Waals surface area contributed by atoms with Crippen LogP contribution in [0.2, 0.25) is 5.15 Å². The van der Waals surface area contributed by atoms with Gasteiger partial charge < -0.3 is 5.32 Å². The summed E-state index contributed by atoms with van der Waals surface area (Å²) in [5, 5.41) is 4.72. The summed E-state index contributed by atoms with van der Waals surface area (Å²) in [6.07, 6.45) is 0.967. The average molecular weight is 301 g/mol. The van der Waals surface area contributed by atoms with Crippen LogP contribution in [0.15, 0.2) is 54.7 Å². The molecule has 0 aliphatic rings. The van der Waals surface area contributed by atoms with E-state index in [1.807, 2.05) is 36.4 Å². The van der Waals surface area contributed by atoms with E-state index in [1.165, 1.54) is 0 Å². The minimum Gasteiger partial charge on any atom is -0.322 e. The molecule has 0 bridgehead atoms. The van der Waals surface area contributed by atoms with Crippen molar-refractivity contribution in [1.82, 2.24) is 4.98 Å². The van der Waals surface area contributed by atoms with Crippen LogP contribution < -0.4 is 5.32 Å². The van der Waals surface area contributed by atoms with E-state index >= 15 is 0 Å². The highest BCUT2D eigenvalue weighted by Gasteiger charge is 2.13. The first-order valence-electron chi connectivity index (χ1n) is 6.25. The highest BCUT2D eigenvalue weighted by molar-refractivity contribution is 6.33. The largest absolute Gasteiger partial charge is 0.322 e. The smallest absolute Gasteiger partial charge is 0.258 e. The van der Waals surface area contributed by atoms with Gasteiger partial charge in [0.05, 0.1) is 11.8 Å². The molecule has 0 fully saturated rings. The number of halogens is 2. The predicted octanol–water partition coefficient (Wildman–Crippen LogP) is 4.28. The molecule has 0 aliphatic heterocycles. The summed E-state index contributed by atoms with van der Waals surface area (Å²) in [5.74, 6) is -1.11. The number of nitrogens with zero attached hydrogens (tertiary/aromatic N) is 1. The summed E-state index contributed by atoms with van der Waals surface area (Å²) in [7, 11) is 0. The van der Waals surface area contributed by atoms with Gasteiger partial charge in [-0.3, -0.25) is 4.79 Å². The van der Waals surface area contributed by atoms with Crippen LogP contribution in [0.3, 0.4) is 0 Å². The maximum atomic E-state index is 13.2. The van der Waals surface area contributed by atoms with Crippen LogP contribution in [0, 0.1) is 5.82 Å². The van der Waals surface area contributed by atoms with Crippen LogP contribution in [0.1, 0.15) is 10.4 Å². The molecule has 21 heavy (non-hydrogen) atoms. The van der Waals surface area contributed by atoms with Gasteiger partial charge in [-0.15, -0.1) is 0 Å². The SMILES string of the molecule is O=C(Nc1ccc2ccccc2c1)c1cc(F)cnc1Cl. The minimum absolute atomic E-state index is 0.00447. The molecular formula is C16H10ClFN2O. The second-order valence-electron chi connectivity index (χ2n) is 4.51. The van der Waals surface area contributed by atoms with E-state index in [0.717, 1.165) is 23.0 Å². The van der Waals surface area contributed by atoms with Crippen LogP contribution in [0.4, 0.5) is 10.1 Å². The highest BCUT2D eigenvalue weighted by atomic mass is 35.5. The Hall–Kier alpha value is -2.46. The summed E-state index contributed by atoms with van der Waals surface area (Å²) in [6.45, 7) is 0. The van der Waals surface area contributed by atoms with Gasteiger partial charge in [0.25, 0.3) is 5.91 Å². The number of aromatic nitrogens is 1. The predicted molar refractivity (Wildman–Crippen MR) is 81.1 cm³/mol. The molecule has 1 amide bonds. The van der Waals surface area contributed by atoms with Gasteiger partial charge in [0.15, 0.2) is 0 Å². The van der Waals surface area contributed by atoms with Crippen molar-refractivity contribution in [2.45, 2.75) is 0 Å². The third-order valence-corrected chi connectivity index (χ3v) is 3.36. The molecule has 0 spiro atoms. The Kier molecular flexibility index (Phi) is 3.54. The lowest BCUT2D eigenvalue weighted by Crippen LogP contribution is -2.13. The number of carbonyl (C=O) groups excluding carboxylic acids is 1. The van der Waals surface area contributed by atoms with Gasteiger partial charge in [0.2, 0.25) is 0 Å². The molecule has 1 heterocycles. The van der Waals surface area contributed by atoms with Gasteiger partial charge in [-0.1, -0.05) is 41.9 Å². The summed E-state index contributed by atoms with van der Waals surface area (Å²) >= 11 is 5.81. The lowest BCUT2D eigenvalue weighted by molar-refractivity contribution is 0.102. The molecule has 1 aromatic heterocycles. The first-order valence-corrected chi connectivity index (χ1v) is 6.62. The molecule has 104 valence electrons. The van der Waals surface area contributed by atoms with E-state index in [4.69, 9.17) is 11.6 Å². The normalized spacial score (nSPS) is 10.6. The topological polar surface area (TPSA) is 42.0 Å². The number of anilines is 1. The van der Waals surface area contributed by atoms with Crippen LogP contribution in [-0.4, -0.2) is 10.9 Å². The maximum Gasteiger partial charge on any atom is 0.258 e. The Morgan fingerprint density at radius 2 is 1.86 bits per heavy atom. The average Bonchev–Trinajstić information content (AvgIpc) is 2.49. The number of carbonyl (C=O) groups is 1. The Morgan fingerprint density at radius 1 is 1.10 bits per heavy atom. The van der Waals surface area contributed by atoms with E-state index in [0.29, 0.717) is 5.69 Å². The van der Waals surface area contributed by atoms with E-state index in [-0.39, 0.29) is 10.7 Å². The molecule has 0 saturated carbocycles. The van der Waals surface area contributed by atoms with Crippen molar-refractivity contribution in [3.8, 4) is 0 Å². The van der Waals surface area contributed by atoms with Gasteiger partial charge in [-0.2, -0.15) is 0 Å². The van der Waals surface area contributed by atoms with Gasteiger partial charge in [-0.25, -0.2) is 9.37 Å². The Bertz CT molecular complexity index is 835. The Balaban J connectivity index is 1.90. The second-order valence-corrected chi connectivity index (χ2v) is 4.87. The molecule has 3 aromatic rings. The number of hydrogen-bond donors (Lipinski definition) is 1. The molecule has 5 heteroatoms. The first kappa shape index (κ1) is 13.5. The zero-order chi connectivity index (χ0) is 14.8. The molecule has 0 unspecified atom stereocenters. The highest BCUT2D eigenvalue weighted by Crippen LogP contribution is 2.21. The number of nitrogens with one attached hydrogen (secondary N) is 1. The van der Waals surface area contributed by atoms with E-state index in [1.54, 1.807) is 6.07 Å². The van der Waals surface area contributed by atoms with E-state index in [9.17, 15) is 9.18 Å². The zero-order valence-electron chi connectivity index (χ0n) is 10.8. The standard InChI is InChI=1S/C16H10ClFN2O/c17-15-14(8-12(18)9-19-15)16(21)20-13-6-5-10-3-1-2-4-11(10)7-13/h1-9H,(H,20,21). The third-order valence-electron chi connectivity index (χ3n) is 3.06. The van der Waals surface area contributed by atoms with Gasteiger partial charge in [0.1, 0.15) is 11.0 Å². The van der Waals surface area contributed by atoms with E-state index in [2.05, 4.69) is 10.3 Å². The fourth-order valence-corrected chi connectivity index (χ4v) is 2.24. The molecule has 3 nitrogen and oxygen atoms in total. The van der Waals surface area contributed by atoms with Crippen LogP contribution >= 0.6 is 11.6 Å². The summed E-state index contributed by atoms with van der Waals surface area (Å²) in [5.41, 5.74) is 0.615. The monoisotopic (exact) mass is 300 g/mol. The fraction of sp³-hybridized carbons (Fsp3) is 0. The van der Waals surface area contributed by atoms with Crippen molar-refractivity contribution >= 4 is 34.0 Å². The van der Waals surface area contributed by atoms with Crippen LogP contribution in [0.25, 0.3) is 10.8 Å². The second kappa shape index (κ2) is 5.50. The van der Waals surface area contributed by atoms with Crippen LogP contribution in [0.5, 0.6) is 0 Å². The number of benzene rings is 2. The van der Waals surface area contributed by atoms with Crippen molar-refractivity contribution in [2.75, 3.05) is 5.32 Å². The number of rotatable bonds is 2. The van der Waals surface area contributed by atoms with Gasteiger partial charge in [-0.05, 0) is 29.0 Å². The molecular weight excluding hydrogens is 291 g/mol. The van der Waals surface area contributed by atoms with Crippen molar-refractivity contribution in [2.24, 2.45) is 0 Å². The summed E-state index contributed by atoms with van der Waals surface area (Å²) < 4.78 is 13.2. The molecule has 1 N–H and O–H groups in total. The fourth-order valence-electron chi connectivity index (χ4n) is 2.05. The lowest BCUT2D eigenvalue weighted by Gasteiger charge is -2.07. The van der Waals surface area contributed by atoms with Crippen molar-refractivity contribution < 1.29 is 9.18 Å². The van der Waals surface area contributed by atoms with Crippen LogP contribution in [-0.2, 0) is 0 Å². The molecule has 0 radical (unpaired) electrons. The maximum absolute atomic E-state index is 13.2. The van der Waals surface area contributed by atoms with Crippen molar-refractivity contribution in [3.05, 3.63) is 71.3 Å². The number of pyridine rings is 1. The molecule has 0 saturated heterocycles. The Morgan fingerprint density at radius 3 is 2.67 bits per heavy atom. The number of fused-ring (bicyclic) bond motifs is 1. The molecule has 2 aromatic carbocycles.